The van der Waals surface area contributed by atoms with Gasteiger partial charge in [-0.05, 0) is 37.8 Å². The number of benzene rings is 1. The lowest BCUT2D eigenvalue weighted by atomic mass is 9.98. The van der Waals surface area contributed by atoms with Crippen LogP contribution in [0.4, 0.5) is 0 Å². The molecule has 0 bridgehead atoms. The van der Waals surface area contributed by atoms with Crippen LogP contribution in [-0.2, 0) is 16.1 Å². The van der Waals surface area contributed by atoms with Crippen molar-refractivity contribution in [1.29, 1.82) is 0 Å². The molecule has 4 heteroatoms. The Morgan fingerprint density at radius 1 is 0.714 bits per heavy atom. The Morgan fingerprint density at radius 2 is 1.11 bits per heavy atom. The van der Waals surface area contributed by atoms with Crippen molar-refractivity contribution in [2.24, 2.45) is 0 Å². The topological polar surface area (TPSA) is 57.5 Å². The van der Waals surface area contributed by atoms with E-state index in [-0.39, 0.29) is 0 Å². The first-order valence-corrected chi connectivity index (χ1v) is 13.1. The second kappa shape index (κ2) is 13.6. The fourth-order valence-electron chi connectivity index (χ4n) is 3.59. The van der Waals surface area contributed by atoms with Gasteiger partial charge in [-0.15, -0.1) is 0 Å². The summed E-state index contributed by atoms with van der Waals surface area (Å²) >= 11 is 0. The van der Waals surface area contributed by atoms with E-state index in [1.807, 2.05) is 24.3 Å². The first-order chi connectivity index (χ1) is 13.3. The van der Waals surface area contributed by atoms with Gasteiger partial charge in [0.1, 0.15) is 0 Å². The first-order valence-electron chi connectivity index (χ1n) is 11.4. The Bertz CT molecular complexity index is 560. The van der Waals surface area contributed by atoms with Crippen molar-refractivity contribution < 1.29 is 14.4 Å². The van der Waals surface area contributed by atoms with Gasteiger partial charge in [0.15, 0.2) is 0 Å². The van der Waals surface area contributed by atoms with E-state index in [9.17, 15) is 14.4 Å². The van der Waals surface area contributed by atoms with Crippen LogP contribution in [0.15, 0.2) is 24.3 Å². The summed E-state index contributed by atoms with van der Waals surface area (Å²) in [4.78, 5) is 19.0. The van der Waals surface area contributed by atoms with E-state index in [1.54, 1.807) is 13.8 Å². The Hall–Kier alpha value is -0.630. The predicted octanol–water partition coefficient (Wildman–Crippen LogP) is 7.73. The quantitative estimate of drug-likeness (QED) is 0.216. The Kier molecular flexibility index (Phi) is 12.3. The highest BCUT2D eigenvalue weighted by molar-refractivity contribution is 7.53. The van der Waals surface area contributed by atoms with Crippen molar-refractivity contribution in [1.82, 2.24) is 0 Å². The fraction of sp³-hybridized carbons (Fsp3) is 0.750. The maximum Gasteiger partial charge on any atom is 0.335 e. The smallest absolute Gasteiger partial charge is 0.324 e. The molecule has 3 nitrogen and oxygen atoms in total. The van der Waals surface area contributed by atoms with Gasteiger partial charge in [0.05, 0.1) is 5.16 Å². The molecule has 0 heterocycles. The van der Waals surface area contributed by atoms with Crippen LogP contribution in [0, 0.1) is 0 Å². The van der Waals surface area contributed by atoms with E-state index in [2.05, 4.69) is 6.92 Å². The molecule has 0 aliphatic heterocycles. The molecule has 0 saturated carbocycles. The number of hydrogen-bond donors (Lipinski definition) is 2. The summed E-state index contributed by atoms with van der Waals surface area (Å²) in [5, 5.41) is -1.12. The summed E-state index contributed by atoms with van der Waals surface area (Å²) in [6, 6.07) is 7.79. The summed E-state index contributed by atoms with van der Waals surface area (Å²) in [5.74, 6) is 0. The molecule has 0 spiro atoms. The summed E-state index contributed by atoms with van der Waals surface area (Å²) in [7, 11) is -4.16. The molecule has 0 aliphatic carbocycles. The molecule has 1 aromatic rings. The van der Waals surface area contributed by atoms with Crippen molar-refractivity contribution in [3.05, 3.63) is 35.4 Å². The minimum atomic E-state index is -4.16. The lowest BCUT2D eigenvalue weighted by molar-refractivity contribution is 0.338. The summed E-state index contributed by atoms with van der Waals surface area (Å²) in [5.41, 5.74) is 1.96. The van der Waals surface area contributed by atoms with Crippen molar-refractivity contribution in [2.45, 2.75) is 116 Å². The van der Waals surface area contributed by atoms with Crippen LogP contribution in [0.25, 0.3) is 0 Å². The highest BCUT2D eigenvalue weighted by Gasteiger charge is 2.39. The number of unbranched alkanes of at least 4 members (excludes halogenated alkanes) is 12. The molecule has 0 aliphatic rings. The van der Waals surface area contributed by atoms with Gasteiger partial charge in [0, 0.05) is 0 Å². The highest BCUT2D eigenvalue weighted by Crippen LogP contribution is 2.56. The zero-order valence-electron chi connectivity index (χ0n) is 18.5. The van der Waals surface area contributed by atoms with Gasteiger partial charge in [-0.3, -0.25) is 4.57 Å². The zero-order valence-corrected chi connectivity index (χ0v) is 19.4. The van der Waals surface area contributed by atoms with E-state index in [1.165, 1.54) is 89.0 Å². The molecule has 0 saturated heterocycles. The minimum Gasteiger partial charge on any atom is -0.324 e. The van der Waals surface area contributed by atoms with E-state index < -0.39 is 12.8 Å². The highest BCUT2D eigenvalue weighted by atomic mass is 31.2. The molecule has 0 unspecified atom stereocenters. The van der Waals surface area contributed by atoms with Gasteiger partial charge in [-0.1, -0.05) is 108 Å². The average Bonchev–Trinajstić information content (AvgIpc) is 2.65. The molecule has 0 amide bonds. The van der Waals surface area contributed by atoms with Gasteiger partial charge in [-0.2, -0.15) is 0 Å². The van der Waals surface area contributed by atoms with Crippen molar-refractivity contribution in [2.75, 3.05) is 0 Å². The van der Waals surface area contributed by atoms with Gasteiger partial charge >= 0.3 is 7.60 Å². The SMILES string of the molecule is CCCCCCCCCCCCCCCc1ccc(C(C)(C)P(=O)(O)O)cc1. The molecule has 162 valence electrons. The van der Waals surface area contributed by atoms with Crippen LogP contribution >= 0.6 is 7.60 Å². The second-order valence-corrected chi connectivity index (χ2v) is 11.0. The summed E-state index contributed by atoms with van der Waals surface area (Å²) < 4.78 is 11.6. The summed E-state index contributed by atoms with van der Waals surface area (Å²) in [6.07, 6.45) is 18.8. The maximum absolute atomic E-state index is 11.6. The van der Waals surface area contributed by atoms with Crippen LogP contribution < -0.4 is 0 Å². The third-order valence-electron chi connectivity index (χ3n) is 5.96. The van der Waals surface area contributed by atoms with Crippen LogP contribution in [0.2, 0.25) is 0 Å². The number of rotatable bonds is 16. The van der Waals surface area contributed by atoms with Crippen LogP contribution in [0.1, 0.15) is 115 Å². The van der Waals surface area contributed by atoms with Crippen molar-refractivity contribution >= 4 is 7.60 Å². The predicted molar refractivity (Wildman–Crippen MR) is 121 cm³/mol. The third-order valence-corrected chi connectivity index (χ3v) is 7.67. The lowest BCUT2D eigenvalue weighted by Crippen LogP contribution is -2.17. The Morgan fingerprint density at radius 3 is 1.50 bits per heavy atom. The average molecular weight is 411 g/mol. The lowest BCUT2D eigenvalue weighted by Gasteiger charge is -2.26. The zero-order chi connectivity index (χ0) is 20.9. The normalized spacial score (nSPS) is 12.5. The number of hydrogen-bond acceptors (Lipinski definition) is 1. The van der Waals surface area contributed by atoms with E-state index in [0.29, 0.717) is 5.56 Å². The third kappa shape index (κ3) is 9.72. The molecule has 1 aromatic carbocycles. The summed E-state index contributed by atoms with van der Waals surface area (Å²) in [6.45, 7) is 5.48. The minimum absolute atomic E-state index is 0.704. The molecule has 0 aromatic heterocycles. The van der Waals surface area contributed by atoms with E-state index >= 15 is 0 Å². The van der Waals surface area contributed by atoms with Gasteiger partial charge in [0.25, 0.3) is 0 Å². The van der Waals surface area contributed by atoms with Crippen molar-refractivity contribution in [3.63, 3.8) is 0 Å². The molecule has 0 radical (unpaired) electrons. The first kappa shape index (κ1) is 25.4. The molecule has 0 atom stereocenters. The molecular formula is C24H43O3P. The Labute approximate surface area is 173 Å². The monoisotopic (exact) mass is 410 g/mol. The standard InChI is InChI=1S/C24H43O3P/c1-4-5-6-7-8-9-10-11-12-13-14-15-16-17-22-18-20-23(21-19-22)24(2,3)28(25,26)27/h18-21H,4-17H2,1-3H3,(H2,25,26,27). The van der Waals surface area contributed by atoms with E-state index in [4.69, 9.17) is 0 Å². The molecule has 0 fully saturated rings. The molecular weight excluding hydrogens is 367 g/mol. The molecule has 2 N–H and O–H groups in total. The molecule has 1 rings (SSSR count). The Balaban J connectivity index is 2.07. The van der Waals surface area contributed by atoms with Crippen molar-refractivity contribution in [3.8, 4) is 0 Å². The largest absolute Gasteiger partial charge is 0.335 e. The van der Waals surface area contributed by atoms with Crippen LogP contribution in [-0.4, -0.2) is 9.79 Å². The maximum atomic E-state index is 11.6. The van der Waals surface area contributed by atoms with Crippen LogP contribution in [0.3, 0.4) is 0 Å². The van der Waals surface area contributed by atoms with Gasteiger partial charge in [0.2, 0.25) is 0 Å². The van der Waals surface area contributed by atoms with E-state index in [0.717, 1.165) is 6.42 Å². The van der Waals surface area contributed by atoms with Gasteiger partial charge < -0.3 is 9.79 Å². The second-order valence-electron chi connectivity index (χ2n) is 8.79. The molecule has 28 heavy (non-hydrogen) atoms. The van der Waals surface area contributed by atoms with Crippen LogP contribution in [0.5, 0.6) is 0 Å². The number of aryl methyl sites for hydroxylation is 1. The van der Waals surface area contributed by atoms with Gasteiger partial charge in [-0.25, -0.2) is 0 Å². The fourth-order valence-corrected chi connectivity index (χ4v) is 4.08.